The molecule has 1 heterocycles. The summed E-state index contributed by atoms with van der Waals surface area (Å²) < 4.78 is 1.74. The summed E-state index contributed by atoms with van der Waals surface area (Å²) in [4.78, 5) is 11.5. The molecular weight excluding hydrogens is 240 g/mol. The molecular formula is C14H14N4O. The summed E-state index contributed by atoms with van der Waals surface area (Å²) in [6.45, 7) is 2.20. The van der Waals surface area contributed by atoms with Gasteiger partial charge in [0, 0.05) is 6.20 Å². The Bertz CT molecular complexity index is 597. The first-order chi connectivity index (χ1) is 9.19. The van der Waals surface area contributed by atoms with Gasteiger partial charge in [0.1, 0.15) is 5.92 Å². The normalized spacial score (nSPS) is 11.6. The molecule has 1 N–H and O–H groups in total. The fourth-order valence-electron chi connectivity index (χ4n) is 1.59. The van der Waals surface area contributed by atoms with Gasteiger partial charge in [-0.3, -0.25) is 9.48 Å². The van der Waals surface area contributed by atoms with Crippen molar-refractivity contribution < 1.29 is 4.79 Å². The van der Waals surface area contributed by atoms with Crippen LogP contribution in [0.5, 0.6) is 0 Å². The van der Waals surface area contributed by atoms with Gasteiger partial charge >= 0.3 is 0 Å². The van der Waals surface area contributed by atoms with Crippen LogP contribution in [0.15, 0.2) is 42.7 Å². The molecule has 5 nitrogen and oxygen atoms in total. The van der Waals surface area contributed by atoms with E-state index in [0.717, 1.165) is 5.56 Å². The lowest BCUT2D eigenvalue weighted by Gasteiger charge is -2.03. The van der Waals surface area contributed by atoms with Crippen molar-refractivity contribution in [2.45, 2.75) is 13.5 Å². The highest BCUT2D eigenvalue weighted by Crippen LogP contribution is 2.09. The van der Waals surface area contributed by atoms with Crippen molar-refractivity contribution >= 4 is 11.6 Å². The van der Waals surface area contributed by atoms with E-state index in [1.807, 2.05) is 36.4 Å². The van der Waals surface area contributed by atoms with Crippen molar-refractivity contribution in [2.75, 3.05) is 5.32 Å². The van der Waals surface area contributed by atoms with Crippen LogP contribution in [0.25, 0.3) is 0 Å². The fourth-order valence-corrected chi connectivity index (χ4v) is 1.59. The maximum atomic E-state index is 11.5. The Hall–Kier alpha value is -2.61. The zero-order valence-electron chi connectivity index (χ0n) is 10.6. The van der Waals surface area contributed by atoms with E-state index in [1.54, 1.807) is 24.0 Å². The van der Waals surface area contributed by atoms with Gasteiger partial charge in [0.15, 0.2) is 0 Å². The molecule has 0 aliphatic carbocycles. The third kappa shape index (κ3) is 3.42. The summed E-state index contributed by atoms with van der Waals surface area (Å²) in [6.07, 6.45) is 3.32. The molecule has 1 atom stereocenters. The minimum absolute atomic E-state index is 0.318. The number of nitriles is 1. The monoisotopic (exact) mass is 254 g/mol. The highest BCUT2D eigenvalue weighted by molar-refractivity contribution is 5.93. The summed E-state index contributed by atoms with van der Waals surface area (Å²) in [5.74, 6) is -0.987. The van der Waals surface area contributed by atoms with Gasteiger partial charge in [0.05, 0.1) is 24.5 Å². The maximum Gasteiger partial charge on any atom is 0.241 e. The summed E-state index contributed by atoms with van der Waals surface area (Å²) in [7, 11) is 0. The third-order valence-corrected chi connectivity index (χ3v) is 2.68. The van der Waals surface area contributed by atoms with Gasteiger partial charge in [-0.2, -0.15) is 10.4 Å². The van der Waals surface area contributed by atoms with Crippen LogP contribution in [0, 0.1) is 17.2 Å². The lowest BCUT2D eigenvalue weighted by atomic mass is 10.2. The second-order valence-corrected chi connectivity index (χ2v) is 4.25. The Labute approximate surface area is 111 Å². The van der Waals surface area contributed by atoms with Gasteiger partial charge in [0.2, 0.25) is 5.91 Å². The van der Waals surface area contributed by atoms with Gasteiger partial charge in [-0.25, -0.2) is 0 Å². The molecule has 0 saturated heterocycles. The van der Waals surface area contributed by atoms with Crippen LogP contribution in [0.1, 0.15) is 12.5 Å². The van der Waals surface area contributed by atoms with Crippen molar-refractivity contribution in [1.82, 2.24) is 9.78 Å². The van der Waals surface area contributed by atoms with Crippen molar-refractivity contribution in [3.05, 3.63) is 48.3 Å². The van der Waals surface area contributed by atoms with E-state index in [0.29, 0.717) is 12.2 Å². The molecule has 0 saturated carbocycles. The smallest absolute Gasteiger partial charge is 0.241 e. The van der Waals surface area contributed by atoms with E-state index in [4.69, 9.17) is 5.26 Å². The summed E-state index contributed by atoms with van der Waals surface area (Å²) >= 11 is 0. The van der Waals surface area contributed by atoms with Gasteiger partial charge in [-0.1, -0.05) is 30.3 Å². The molecule has 5 heteroatoms. The number of nitrogens with zero attached hydrogens (tertiary/aromatic N) is 3. The van der Waals surface area contributed by atoms with Gasteiger partial charge in [-0.15, -0.1) is 0 Å². The van der Waals surface area contributed by atoms with Crippen LogP contribution in [0.2, 0.25) is 0 Å². The van der Waals surface area contributed by atoms with E-state index >= 15 is 0 Å². The Morgan fingerprint density at radius 1 is 1.47 bits per heavy atom. The van der Waals surface area contributed by atoms with Crippen molar-refractivity contribution in [3.8, 4) is 6.07 Å². The Morgan fingerprint density at radius 2 is 2.21 bits per heavy atom. The number of amides is 1. The molecule has 2 aromatic rings. The fraction of sp³-hybridized carbons (Fsp3) is 0.214. The zero-order chi connectivity index (χ0) is 13.7. The lowest BCUT2D eigenvalue weighted by molar-refractivity contribution is -0.117. The van der Waals surface area contributed by atoms with Gasteiger partial charge < -0.3 is 5.32 Å². The van der Waals surface area contributed by atoms with Crippen LogP contribution in [-0.2, 0) is 11.3 Å². The van der Waals surface area contributed by atoms with E-state index in [1.165, 1.54) is 0 Å². The predicted molar refractivity (Wildman–Crippen MR) is 71.2 cm³/mol. The molecule has 19 heavy (non-hydrogen) atoms. The highest BCUT2D eigenvalue weighted by atomic mass is 16.1. The quantitative estimate of drug-likeness (QED) is 0.907. The number of carbonyl (C=O) groups excluding carboxylic acids is 1. The van der Waals surface area contributed by atoms with Gasteiger partial charge in [0.25, 0.3) is 0 Å². The standard InChI is InChI=1S/C14H14N4O/c1-11(7-15)14(19)17-13-8-16-18(10-13)9-12-5-3-2-4-6-12/h2-6,8,10-11H,9H2,1H3,(H,17,19). The molecule has 1 aromatic heterocycles. The number of anilines is 1. The van der Waals surface area contributed by atoms with Crippen LogP contribution in [0.3, 0.4) is 0 Å². The van der Waals surface area contributed by atoms with Crippen molar-refractivity contribution in [1.29, 1.82) is 5.26 Å². The van der Waals surface area contributed by atoms with E-state index < -0.39 is 5.92 Å². The maximum absolute atomic E-state index is 11.5. The molecule has 1 amide bonds. The largest absolute Gasteiger partial charge is 0.322 e. The second kappa shape index (κ2) is 5.83. The Kier molecular flexibility index (Phi) is 3.94. The number of carbonyl (C=O) groups is 1. The highest BCUT2D eigenvalue weighted by Gasteiger charge is 2.12. The number of hydrogen-bond donors (Lipinski definition) is 1. The lowest BCUT2D eigenvalue weighted by Crippen LogP contribution is -2.18. The minimum atomic E-state index is -0.669. The third-order valence-electron chi connectivity index (χ3n) is 2.68. The number of aromatic nitrogens is 2. The molecule has 0 aliphatic heterocycles. The van der Waals surface area contributed by atoms with E-state index in [-0.39, 0.29) is 5.91 Å². The summed E-state index contributed by atoms with van der Waals surface area (Å²) in [5.41, 5.74) is 1.73. The molecule has 0 aliphatic rings. The van der Waals surface area contributed by atoms with Crippen LogP contribution in [0.4, 0.5) is 5.69 Å². The summed E-state index contributed by atoms with van der Waals surface area (Å²) in [6, 6.07) is 11.8. The molecule has 0 bridgehead atoms. The number of nitrogens with one attached hydrogen (secondary N) is 1. The topological polar surface area (TPSA) is 70.7 Å². The van der Waals surface area contributed by atoms with Crippen molar-refractivity contribution in [3.63, 3.8) is 0 Å². The van der Waals surface area contributed by atoms with E-state index in [2.05, 4.69) is 10.4 Å². The molecule has 0 radical (unpaired) electrons. The first kappa shape index (κ1) is 12.8. The van der Waals surface area contributed by atoms with Crippen molar-refractivity contribution in [2.24, 2.45) is 5.92 Å². The first-order valence-corrected chi connectivity index (χ1v) is 5.96. The van der Waals surface area contributed by atoms with Crippen LogP contribution >= 0.6 is 0 Å². The summed E-state index contributed by atoms with van der Waals surface area (Å²) in [5, 5.41) is 15.5. The van der Waals surface area contributed by atoms with Crippen LogP contribution < -0.4 is 5.32 Å². The zero-order valence-corrected chi connectivity index (χ0v) is 10.6. The van der Waals surface area contributed by atoms with Crippen LogP contribution in [-0.4, -0.2) is 15.7 Å². The molecule has 2 rings (SSSR count). The SMILES string of the molecule is CC(C#N)C(=O)Nc1cnn(Cc2ccccc2)c1. The Balaban J connectivity index is 2.00. The Morgan fingerprint density at radius 3 is 2.89 bits per heavy atom. The van der Waals surface area contributed by atoms with Gasteiger partial charge in [-0.05, 0) is 12.5 Å². The second-order valence-electron chi connectivity index (χ2n) is 4.25. The number of hydrogen-bond acceptors (Lipinski definition) is 3. The number of benzene rings is 1. The average molecular weight is 254 g/mol. The number of rotatable bonds is 4. The first-order valence-electron chi connectivity index (χ1n) is 5.96. The molecule has 96 valence electrons. The molecule has 1 unspecified atom stereocenters. The molecule has 0 spiro atoms. The minimum Gasteiger partial charge on any atom is -0.322 e. The molecule has 1 aromatic carbocycles. The predicted octanol–water partition coefficient (Wildman–Crippen LogP) is 2.03. The average Bonchev–Trinajstić information content (AvgIpc) is 2.86. The van der Waals surface area contributed by atoms with E-state index in [9.17, 15) is 4.79 Å². The molecule has 0 fully saturated rings.